The highest BCUT2D eigenvalue weighted by atomic mass is 32.2. The van der Waals surface area contributed by atoms with E-state index in [1.54, 1.807) is 6.07 Å². The van der Waals surface area contributed by atoms with E-state index in [1.807, 2.05) is 4.72 Å². The standard InChI is InChI=1S/C13H11F2NO3S/c14-10-5-3-6-11(13(10)15)16-20(18,19)12-7-2-1-4-9(12)8-17/h1-7,16-17H,8H2. The number of aliphatic hydroxyl groups excluding tert-OH is 1. The molecule has 20 heavy (non-hydrogen) atoms. The van der Waals surface area contributed by atoms with Crippen molar-refractivity contribution in [2.45, 2.75) is 11.5 Å². The van der Waals surface area contributed by atoms with Crippen LogP contribution in [-0.2, 0) is 16.6 Å². The monoisotopic (exact) mass is 299 g/mol. The molecular formula is C13H11F2NO3S. The summed E-state index contributed by atoms with van der Waals surface area (Å²) in [6.07, 6.45) is 0. The molecule has 0 aliphatic heterocycles. The number of hydrogen-bond donors (Lipinski definition) is 2. The molecule has 4 nitrogen and oxygen atoms in total. The predicted octanol–water partition coefficient (Wildman–Crippen LogP) is 2.26. The minimum Gasteiger partial charge on any atom is -0.392 e. The second-order valence-electron chi connectivity index (χ2n) is 3.97. The van der Waals surface area contributed by atoms with Crippen molar-refractivity contribution in [2.75, 3.05) is 4.72 Å². The summed E-state index contributed by atoms with van der Waals surface area (Å²) in [6.45, 7) is -0.483. The van der Waals surface area contributed by atoms with Crippen molar-refractivity contribution in [3.8, 4) is 0 Å². The number of nitrogens with one attached hydrogen (secondary N) is 1. The van der Waals surface area contributed by atoms with Crippen LogP contribution >= 0.6 is 0 Å². The predicted molar refractivity (Wildman–Crippen MR) is 69.5 cm³/mol. The summed E-state index contributed by atoms with van der Waals surface area (Å²) >= 11 is 0. The fraction of sp³-hybridized carbons (Fsp3) is 0.0769. The minimum atomic E-state index is -4.11. The van der Waals surface area contributed by atoms with Gasteiger partial charge < -0.3 is 5.11 Å². The van der Waals surface area contributed by atoms with Crippen molar-refractivity contribution in [1.82, 2.24) is 0 Å². The molecule has 0 fully saturated rings. The van der Waals surface area contributed by atoms with E-state index in [9.17, 15) is 17.2 Å². The van der Waals surface area contributed by atoms with Crippen molar-refractivity contribution >= 4 is 15.7 Å². The van der Waals surface area contributed by atoms with Gasteiger partial charge in [0, 0.05) is 0 Å². The van der Waals surface area contributed by atoms with E-state index in [4.69, 9.17) is 5.11 Å². The molecule has 2 aromatic carbocycles. The molecule has 0 heterocycles. The van der Waals surface area contributed by atoms with Crippen LogP contribution in [0, 0.1) is 11.6 Å². The minimum absolute atomic E-state index is 0.164. The van der Waals surface area contributed by atoms with Gasteiger partial charge in [-0.1, -0.05) is 24.3 Å². The molecule has 0 spiro atoms. The fourth-order valence-electron chi connectivity index (χ4n) is 1.68. The second-order valence-corrected chi connectivity index (χ2v) is 5.62. The van der Waals surface area contributed by atoms with Crippen LogP contribution in [0.3, 0.4) is 0 Å². The molecule has 0 saturated heterocycles. The number of benzene rings is 2. The molecule has 0 aromatic heterocycles. The first-order valence-electron chi connectivity index (χ1n) is 5.61. The summed E-state index contributed by atoms with van der Waals surface area (Å²) in [5.74, 6) is -2.43. The van der Waals surface area contributed by atoms with Gasteiger partial charge in [0.1, 0.15) is 0 Å². The van der Waals surface area contributed by atoms with E-state index in [1.165, 1.54) is 24.3 Å². The molecule has 0 amide bonds. The summed E-state index contributed by atoms with van der Waals surface area (Å²) in [7, 11) is -4.11. The Morgan fingerprint density at radius 2 is 1.75 bits per heavy atom. The zero-order valence-corrected chi connectivity index (χ0v) is 11.0. The van der Waals surface area contributed by atoms with Crippen molar-refractivity contribution in [1.29, 1.82) is 0 Å². The summed E-state index contributed by atoms with van der Waals surface area (Å²) in [5.41, 5.74) is -0.324. The third-order valence-electron chi connectivity index (χ3n) is 2.63. The van der Waals surface area contributed by atoms with Crippen LogP contribution in [0.4, 0.5) is 14.5 Å². The van der Waals surface area contributed by atoms with Gasteiger partial charge in [-0.15, -0.1) is 0 Å². The molecule has 0 saturated carbocycles. The highest BCUT2D eigenvalue weighted by Gasteiger charge is 2.20. The molecule has 0 aliphatic rings. The quantitative estimate of drug-likeness (QED) is 0.910. The summed E-state index contributed by atoms with van der Waals surface area (Å²) in [5, 5.41) is 9.12. The summed E-state index contributed by atoms with van der Waals surface area (Å²) in [4.78, 5) is -0.189. The molecule has 7 heteroatoms. The van der Waals surface area contributed by atoms with Crippen molar-refractivity contribution in [3.63, 3.8) is 0 Å². The number of aliphatic hydroxyl groups is 1. The van der Waals surface area contributed by atoms with Gasteiger partial charge in [0.15, 0.2) is 11.6 Å². The van der Waals surface area contributed by atoms with E-state index in [0.29, 0.717) is 0 Å². The number of rotatable bonds is 4. The largest absolute Gasteiger partial charge is 0.392 e. The second kappa shape index (κ2) is 5.56. The first-order chi connectivity index (χ1) is 9.45. The molecule has 0 bridgehead atoms. The van der Waals surface area contributed by atoms with Gasteiger partial charge in [-0.2, -0.15) is 0 Å². The average molecular weight is 299 g/mol. The lowest BCUT2D eigenvalue weighted by atomic mass is 10.2. The summed E-state index contributed by atoms with van der Waals surface area (Å²) in [6, 6.07) is 8.91. The maximum atomic E-state index is 13.5. The van der Waals surface area contributed by atoms with Crippen LogP contribution in [0.15, 0.2) is 47.4 Å². The molecule has 0 radical (unpaired) electrons. The van der Waals surface area contributed by atoms with Crippen LogP contribution in [-0.4, -0.2) is 13.5 Å². The Hall–Kier alpha value is -1.99. The Kier molecular flexibility index (Phi) is 4.01. The maximum Gasteiger partial charge on any atom is 0.262 e. The molecule has 106 valence electrons. The number of anilines is 1. The van der Waals surface area contributed by atoms with Gasteiger partial charge in [-0.05, 0) is 23.8 Å². The van der Waals surface area contributed by atoms with Crippen molar-refractivity contribution in [2.24, 2.45) is 0 Å². The van der Waals surface area contributed by atoms with Crippen LogP contribution in [0.25, 0.3) is 0 Å². The Bertz CT molecular complexity index is 732. The molecular weight excluding hydrogens is 288 g/mol. The summed E-state index contributed by atoms with van der Waals surface area (Å²) < 4.78 is 52.8. The van der Waals surface area contributed by atoms with Gasteiger partial charge in [0.25, 0.3) is 10.0 Å². The highest BCUT2D eigenvalue weighted by molar-refractivity contribution is 7.92. The third-order valence-corrected chi connectivity index (χ3v) is 4.09. The van der Waals surface area contributed by atoms with Crippen LogP contribution in [0.2, 0.25) is 0 Å². The normalized spacial score (nSPS) is 11.3. The zero-order valence-electron chi connectivity index (χ0n) is 10.2. The number of sulfonamides is 1. The Morgan fingerprint density at radius 1 is 1.05 bits per heavy atom. The highest BCUT2D eigenvalue weighted by Crippen LogP contribution is 2.22. The molecule has 0 unspecified atom stereocenters. The molecule has 2 rings (SSSR count). The van der Waals surface area contributed by atoms with Gasteiger partial charge in [0.2, 0.25) is 0 Å². The molecule has 0 atom stereocenters. The Labute approximate surface area is 114 Å². The lowest BCUT2D eigenvalue weighted by Gasteiger charge is -2.11. The SMILES string of the molecule is O=S(=O)(Nc1cccc(F)c1F)c1ccccc1CO. The average Bonchev–Trinajstić information content (AvgIpc) is 2.43. The van der Waals surface area contributed by atoms with Crippen LogP contribution in [0.5, 0.6) is 0 Å². The van der Waals surface area contributed by atoms with E-state index in [2.05, 4.69) is 0 Å². The third kappa shape index (κ3) is 2.78. The first kappa shape index (κ1) is 14.4. The van der Waals surface area contributed by atoms with Crippen molar-refractivity contribution in [3.05, 3.63) is 59.7 Å². The maximum absolute atomic E-state index is 13.5. The number of halogens is 2. The number of hydrogen-bond acceptors (Lipinski definition) is 3. The van der Waals surface area contributed by atoms with Crippen LogP contribution < -0.4 is 4.72 Å². The van der Waals surface area contributed by atoms with Gasteiger partial charge in [-0.25, -0.2) is 17.2 Å². The lowest BCUT2D eigenvalue weighted by Crippen LogP contribution is -2.16. The van der Waals surface area contributed by atoms with E-state index in [0.717, 1.165) is 12.1 Å². The molecule has 0 aliphatic carbocycles. The molecule has 2 N–H and O–H groups in total. The van der Waals surface area contributed by atoms with Gasteiger partial charge >= 0.3 is 0 Å². The fourth-order valence-corrected chi connectivity index (χ4v) is 2.97. The first-order valence-corrected chi connectivity index (χ1v) is 7.09. The van der Waals surface area contributed by atoms with Gasteiger partial charge in [0.05, 0.1) is 17.2 Å². The topological polar surface area (TPSA) is 66.4 Å². The van der Waals surface area contributed by atoms with E-state index in [-0.39, 0.29) is 10.5 Å². The molecule has 2 aromatic rings. The van der Waals surface area contributed by atoms with Gasteiger partial charge in [-0.3, -0.25) is 4.72 Å². The zero-order chi connectivity index (χ0) is 14.8. The Balaban J connectivity index is 2.44. The Morgan fingerprint density at radius 3 is 2.45 bits per heavy atom. The van der Waals surface area contributed by atoms with Crippen molar-refractivity contribution < 1.29 is 22.3 Å². The lowest BCUT2D eigenvalue weighted by molar-refractivity contribution is 0.278. The smallest absolute Gasteiger partial charge is 0.262 e. The van der Waals surface area contributed by atoms with E-state index >= 15 is 0 Å². The van der Waals surface area contributed by atoms with Crippen LogP contribution in [0.1, 0.15) is 5.56 Å². The van der Waals surface area contributed by atoms with E-state index < -0.39 is 34.0 Å².